The van der Waals surface area contributed by atoms with Crippen molar-refractivity contribution in [1.82, 2.24) is 19.3 Å². The smallest absolute Gasteiger partial charge is 0.276 e. The lowest BCUT2D eigenvalue weighted by molar-refractivity contribution is 0.0994. The van der Waals surface area contributed by atoms with E-state index in [1.165, 1.54) is 6.42 Å². The topological polar surface area (TPSA) is 120 Å². The Kier molecular flexibility index (Phi) is 5.55. The minimum absolute atomic E-state index is 0.0779. The van der Waals surface area contributed by atoms with E-state index >= 15 is 0 Å². The van der Waals surface area contributed by atoms with Crippen molar-refractivity contribution in [2.75, 3.05) is 37.0 Å². The summed E-state index contributed by atoms with van der Waals surface area (Å²) >= 11 is 0. The first-order chi connectivity index (χ1) is 16.3. The van der Waals surface area contributed by atoms with Gasteiger partial charge in [-0.25, -0.2) is 4.98 Å². The number of hydrogen-bond donors (Lipinski definition) is 2. The molecule has 3 N–H and O–H groups in total. The summed E-state index contributed by atoms with van der Waals surface area (Å²) < 4.78 is 9.17. The monoisotopic (exact) mass is 465 g/mol. The molecule has 0 bridgehead atoms. The van der Waals surface area contributed by atoms with Crippen molar-refractivity contribution < 1.29 is 14.3 Å². The van der Waals surface area contributed by atoms with Gasteiger partial charge in [0, 0.05) is 44.3 Å². The summed E-state index contributed by atoms with van der Waals surface area (Å²) in [6, 6.07) is 5.33. The molecule has 0 radical (unpaired) electrons. The largest absolute Gasteiger partial charge is 0.383 e. The number of carbonyl (C=O) groups excluding carboxylic acids is 2. The molecule has 3 aromatic rings. The highest BCUT2D eigenvalue weighted by Gasteiger charge is 2.42. The lowest BCUT2D eigenvalue weighted by Gasteiger charge is -2.44. The number of ether oxygens (including phenoxy) is 1. The molecule has 10 heteroatoms. The number of nitrogens with two attached hydrogens (primary N) is 1. The Labute approximate surface area is 198 Å². The Morgan fingerprint density at radius 1 is 1.24 bits per heavy atom. The lowest BCUT2D eigenvalue weighted by Crippen LogP contribution is -2.44. The van der Waals surface area contributed by atoms with Crippen LogP contribution in [0.2, 0.25) is 0 Å². The predicted octanol–water partition coefficient (Wildman–Crippen LogP) is 2.55. The van der Waals surface area contributed by atoms with E-state index in [2.05, 4.69) is 19.9 Å². The van der Waals surface area contributed by atoms with Crippen molar-refractivity contribution >= 4 is 34.5 Å². The molecule has 0 unspecified atom stereocenters. The van der Waals surface area contributed by atoms with E-state index < -0.39 is 5.91 Å². The molecule has 0 saturated heterocycles. The maximum atomic E-state index is 13.2. The van der Waals surface area contributed by atoms with Gasteiger partial charge in [-0.15, -0.1) is 0 Å². The van der Waals surface area contributed by atoms with Crippen LogP contribution < -0.4 is 16.0 Å². The second-order valence-corrected chi connectivity index (χ2v) is 9.46. The first kappa shape index (κ1) is 22.4. The van der Waals surface area contributed by atoms with Gasteiger partial charge in [-0.1, -0.05) is 6.42 Å². The number of methoxy groups -OCH3 is 1. The van der Waals surface area contributed by atoms with Gasteiger partial charge in [-0.05, 0) is 44.9 Å². The summed E-state index contributed by atoms with van der Waals surface area (Å²) in [6.45, 7) is 7.27. The number of hydrogen-bond acceptors (Lipinski definition) is 6. The Bertz CT molecular complexity index is 1270. The van der Waals surface area contributed by atoms with Gasteiger partial charge in [0.15, 0.2) is 0 Å². The number of aromatic nitrogens is 4. The van der Waals surface area contributed by atoms with Gasteiger partial charge in [0.25, 0.3) is 5.91 Å². The van der Waals surface area contributed by atoms with E-state index in [1.54, 1.807) is 23.9 Å². The highest BCUT2D eigenvalue weighted by molar-refractivity contribution is 6.05. The summed E-state index contributed by atoms with van der Waals surface area (Å²) in [5.41, 5.74) is 9.86. The molecule has 1 aromatic carbocycles. The normalized spacial score (nSPS) is 16.5. The number of imidazole rings is 1. The third-order valence-corrected chi connectivity index (χ3v) is 7.11. The van der Waals surface area contributed by atoms with Crippen molar-refractivity contribution in [3.05, 3.63) is 35.2 Å². The highest BCUT2D eigenvalue weighted by atomic mass is 16.5. The minimum Gasteiger partial charge on any atom is -0.383 e. The number of carbonyl (C=O) groups is 2. The Morgan fingerprint density at radius 3 is 2.68 bits per heavy atom. The molecule has 180 valence electrons. The fourth-order valence-corrected chi connectivity index (χ4v) is 5.28. The van der Waals surface area contributed by atoms with Gasteiger partial charge in [-0.3, -0.25) is 19.6 Å². The van der Waals surface area contributed by atoms with Crippen LogP contribution in [0.5, 0.6) is 0 Å². The fourth-order valence-electron chi connectivity index (χ4n) is 5.28. The standard InChI is InChI=1S/C24H31N7O3/c1-4-31-19(10-15(2)28-31)22(33)27-23-26-17-11-16(21(25)32)12-18-20(17)30(23)14-24(6-5-7-24)13-29(18)8-9-34-3/h10-12H,4-9,13-14H2,1-3H3,(H2,25,32)(H,26,27,33). The molecular formula is C24H31N7O3. The van der Waals surface area contributed by atoms with E-state index in [1.807, 2.05) is 19.9 Å². The number of primary amides is 1. The third kappa shape index (κ3) is 3.71. The van der Waals surface area contributed by atoms with E-state index in [0.29, 0.717) is 42.4 Å². The van der Waals surface area contributed by atoms with Crippen LogP contribution in [0, 0.1) is 12.3 Å². The zero-order valence-electron chi connectivity index (χ0n) is 19.9. The fraction of sp³-hybridized carbons (Fsp3) is 0.500. The van der Waals surface area contributed by atoms with Crippen molar-refractivity contribution in [2.45, 2.75) is 46.2 Å². The van der Waals surface area contributed by atoms with Gasteiger partial charge >= 0.3 is 0 Å². The van der Waals surface area contributed by atoms with Gasteiger partial charge in [-0.2, -0.15) is 5.10 Å². The molecule has 2 aromatic heterocycles. The van der Waals surface area contributed by atoms with Gasteiger partial charge < -0.3 is 19.9 Å². The Balaban J connectivity index is 1.64. The molecule has 10 nitrogen and oxygen atoms in total. The zero-order valence-corrected chi connectivity index (χ0v) is 19.9. The highest BCUT2D eigenvalue weighted by Crippen LogP contribution is 2.48. The molecule has 2 aliphatic rings. The molecule has 5 rings (SSSR count). The van der Waals surface area contributed by atoms with Gasteiger partial charge in [0.05, 0.1) is 29.0 Å². The number of nitrogens with one attached hydrogen (secondary N) is 1. The number of aryl methyl sites for hydroxylation is 2. The van der Waals surface area contributed by atoms with Crippen LogP contribution in [-0.4, -0.2) is 58.0 Å². The van der Waals surface area contributed by atoms with Gasteiger partial charge in [0.1, 0.15) is 5.69 Å². The molecule has 34 heavy (non-hydrogen) atoms. The number of rotatable bonds is 7. The van der Waals surface area contributed by atoms with Crippen LogP contribution in [0.4, 0.5) is 11.6 Å². The zero-order chi connectivity index (χ0) is 24.0. The van der Waals surface area contributed by atoms with Crippen LogP contribution in [0.3, 0.4) is 0 Å². The van der Waals surface area contributed by atoms with E-state index in [0.717, 1.165) is 42.8 Å². The second-order valence-electron chi connectivity index (χ2n) is 9.46. The average molecular weight is 466 g/mol. The first-order valence-electron chi connectivity index (χ1n) is 11.8. The maximum Gasteiger partial charge on any atom is 0.276 e. The quantitative estimate of drug-likeness (QED) is 0.553. The summed E-state index contributed by atoms with van der Waals surface area (Å²) in [6.07, 6.45) is 3.37. The van der Waals surface area contributed by atoms with Crippen molar-refractivity contribution in [1.29, 1.82) is 0 Å². The summed E-state index contributed by atoms with van der Waals surface area (Å²) in [5.74, 6) is -0.284. The summed E-state index contributed by atoms with van der Waals surface area (Å²) in [5, 5.41) is 7.42. The Morgan fingerprint density at radius 2 is 2.03 bits per heavy atom. The van der Waals surface area contributed by atoms with Crippen LogP contribution >= 0.6 is 0 Å². The number of nitrogens with zero attached hydrogens (tertiary/aromatic N) is 5. The van der Waals surface area contributed by atoms with Crippen LogP contribution in [-0.2, 0) is 17.8 Å². The number of benzene rings is 1. The van der Waals surface area contributed by atoms with Crippen molar-refractivity contribution in [3.63, 3.8) is 0 Å². The van der Waals surface area contributed by atoms with E-state index in [-0.39, 0.29) is 11.3 Å². The third-order valence-electron chi connectivity index (χ3n) is 7.11. The molecule has 1 spiro atoms. The molecule has 1 saturated carbocycles. The van der Waals surface area contributed by atoms with Crippen LogP contribution in [0.15, 0.2) is 18.2 Å². The molecule has 1 fully saturated rings. The van der Waals surface area contributed by atoms with Crippen LogP contribution in [0.25, 0.3) is 11.0 Å². The lowest BCUT2D eigenvalue weighted by atomic mass is 9.68. The minimum atomic E-state index is -0.505. The summed E-state index contributed by atoms with van der Waals surface area (Å²) in [7, 11) is 1.69. The molecule has 1 aliphatic heterocycles. The molecule has 3 heterocycles. The summed E-state index contributed by atoms with van der Waals surface area (Å²) in [4.78, 5) is 32.4. The SMILES string of the molecule is CCn1nc(C)cc1C(=O)Nc1nc2cc(C(N)=O)cc3c2n1CC1(CCC1)CN3CCOC. The average Bonchev–Trinajstić information content (AvgIpc) is 3.28. The maximum absolute atomic E-state index is 13.2. The van der Waals surface area contributed by atoms with E-state index in [4.69, 9.17) is 15.5 Å². The van der Waals surface area contributed by atoms with Crippen LogP contribution in [0.1, 0.15) is 52.7 Å². The van der Waals surface area contributed by atoms with Crippen molar-refractivity contribution in [3.8, 4) is 0 Å². The first-order valence-corrected chi connectivity index (χ1v) is 11.8. The van der Waals surface area contributed by atoms with E-state index in [9.17, 15) is 9.59 Å². The van der Waals surface area contributed by atoms with Crippen molar-refractivity contribution in [2.24, 2.45) is 11.1 Å². The number of anilines is 2. The molecule has 1 aliphatic carbocycles. The second kappa shape index (κ2) is 8.43. The predicted molar refractivity (Wildman–Crippen MR) is 129 cm³/mol. The Hall–Kier alpha value is -3.40. The molecular weight excluding hydrogens is 434 g/mol. The number of amides is 2. The van der Waals surface area contributed by atoms with Gasteiger partial charge in [0.2, 0.25) is 11.9 Å². The molecule has 2 amide bonds. The molecule has 0 atom stereocenters.